The fourth-order valence-electron chi connectivity index (χ4n) is 10.2. The molecule has 42 heavy (non-hydrogen) atoms. The van der Waals surface area contributed by atoms with Gasteiger partial charge in [0.05, 0.1) is 5.60 Å². The molecule has 0 unspecified atom stereocenters. The number of rotatable bonds is 9. The van der Waals surface area contributed by atoms with E-state index in [9.17, 15) is 14.7 Å². The smallest absolute Gasteiger partial charge is 0.311 e. The molecule has 2 heterocycles. The molecule has 7 atom stereocenters. The van der Waals surface area contributed by atoms with Gasteiger partial charge in [0.1, 0.15) is 11.7 Å². The maximum absolute atomic E-state index is 12.9. The number of methoxy groups -OCH3 is 1. The number of carboxylic acid groups (broad SMARTS) is 1. The number of fused-ring (bicyclic) bond motifs is 2. The normalized spacial score (nSPS) is 37.5. The summed E-state index contributed by atoms with van der Waals surface area (Å²) in [5, 5.41) is 21.4. The minimum atomic E-state index is -0.995. The number of carboxylic acids is 1. The molecule has 8 rings (SSSR count). The SMILES string of the molecule is CO[C@]12CC[C@@]3(C[C@@H]1[C@](C)(O)C(C)(C)C)[C@H]1Cc4ccc(OC(=O)CCCC(=O)O)c5c4[C@@]3(CCN1CC1CC1)[C@H]2O5. The monoisotopic (exact) mass is 581 g/mol. The largest absolute Gasteiger partial charge is 0.482 e. The van der Waals surface area contributed by atoms with Crippen molar-refractivity contribution in [3.63, 3.8) is 0 Å². The average molecular weight is 582 g/mol. The molecular weight excluding hydrogens is 534 g/mol. The van der Waals surface area contributed by atoms with E-state index in [0.29, 0.717) is 17.5 Å². The zero-order chi connectivity index (χ0) is 29.9. The van der Waals surface area contributed by atoms with Gasteiger partial charge >= 0.3 is 11.9 Å². The lowest BCUT2D eigenvalue weighted by Crippen LogP contribution is -2.83. The van der Waals surface area contributed by atoms with E-state index < -0.39 is 23.1 Å². The van der Waals surface area contributed by atoms with Crippen LogP contribution >= 0.6 is 0 Å². The molecule has 5 aliphatic carbocycles. The molecule has 5 fully saturated rings. The molecule has 1 saturated heterocycles. The molecule has 7 aliphatic rings. The third-order valence-corrected chi connectivity index (χ3v) is 12.8. The van der Waals surface area contributed by atoms with Crippen molar-refractivity contribution in [2.75, 3.05) is 20.2 Å². The van der Waals surface area contributed by atoms with Crippen LogP contribution in [0, 0.1) is 22.7 Å². The molecule has 230 valence electrons. The Kier molecular flexibility index (Phi) is 6.25. The number of nitrogens with zero attached hydrogens (tertiary/aromatic N) is 1. The van der Waals surface area contributed by atoms with E-state index in [0.717, 1.165) is 51.1 Å². The van der Waals surface area contributed by atoms with Crippen LogP contribution in [0.5, 0.6) is 11.5 Å². The highest BCUT2D eigenvalue weighted by molar-refractivity contribution is 5.76. The summed E-state index contributed by atoms with van der Waals surface area (Å²) in [6.45, 7) is 10.5. The first kappa shape index (κ1) is 28.6. The fourth-order valence-corrected chi connectivity index (χ4v) is 10.2. The van der Waals surface area contributed by atoms with Crippen LogP contribution in [0.3, 0.4) is 0 Å². The van der Waals surface area contributed by atoms with Crippen LogP contribution in [0.25, 0.3) is 0 Å². The first-order valence-electron chi connectivity index (χ1n) is 16.1. The summed E-state index contributed by atoms with van der Waals surface area (Å²) in [6, 6.07) is 4.38. The second-order valence-corrected chi connectivity index (χ2v) is 15.5. The number of aliphatic hydroxyl groups is 1. The second-order valence-electron chi connectivity index (χ2n) is 15.5. The van der Waals surface area contributed by atoms with E-state index in [1.165, 1.54) is 24.0 Å². The number of hydrogen-bond donors (Lipinski definition) is 2. The zero-order valence-corrected chi connectivity index (χ0v) is 25.8. The van der Waals surface area contributed by atoms with Gasteiger partial charge in [-0.3, -0.25) is 14.5 Å². The molecule has 8 heteroatoms. The first-order valence-corrected chi connectivity index (χ1v) is 16.1. The van der Waals surface area contributed by atoms with E-state index in [1.54, 1.807) is 7.11 Å². The van der Waals surface area contributed by atoms with Crippen molar-refractivity contribution in [2.45, 2.75) is 121 Å². The number of carbonyl (C=O) groups excluding carboxylic acids is 1. The molecule has 0 aromatic heterocycles. The summed E-state index contributed by atoms with van der Waals surface area (Å²) in [4.78, 5) is 26.6. The lowest BCUT2D eigenvalue weighted by Gasteiger charge is -2.75. The highest BCUT2D eigenvalue weighted by atomic mass is 16.6. The van der Waals surface area contributed by atoms with Crippen LogP contribution in [0.1, 0.15) is 96.6 Å². The molecule has 8 nitrogen and oxygen atoms in total. The Morgan fingerprint density at radius 1 is 1.12 bits per heavy atom. The minimum Gasteiger partial charge on any atom is -0.482 e. The highest BCUT2D eigenvalue weighted by Crippen LogP contribution is 2.78. The number of benzene rings is 1. The number of aliphatic carboxylic acids is 1. The maximum atomic E-state index is 12.9. The third-order valence-electron chi connectivity index (χ3n) is 12.8. The molecule has 2 N–H and O–H groups in total. The van der Waals surface area contributed by atoms with Gasteiger partial charge in [0, 0.05) is 54.8 Å². The lowest BCUT2D eigenvalue weighted by atomic mass is 9.33. The Labute approximate surface area is 249 Å². The molecule has 0 amide bonds. The molecule has 1 aromatic carbocycles. The predicted molar refractivity (Wildman–Crippen MR) is 156 cm³/mol. The van der Waals surface area contributed by atoms with Gasteiger partial charge in [-0.05, 0) is 87.8 Å². The van der Waals surface area contributed by atoms with Gasteiger partial charge in [-0.2, -0.15) is 0 Å². The van der Waals surface area contributed by atoms with Gasteiger partial charge < -0.3 is 24.4 Å². The lowest BCUT2D eigenvalue weighted by molar-refractivity contribution is -0.312. The summed E-state index contributed by atoms with van der Waals surface area (Å²) < 4.78 is 19.7. The van der Waals surface area contributed by atoms with Gasteiger partial charge in [-0.15, -0.1) is 0 Å². The number of ether oxygens (including phenoxy) is 3. The summed E-state index contributed by atoms with van der Waals surface area (Å²) in [5.41, 5.74) is 0.102. The second kappa shape index (κ2) is 9.18. The van der Waals surface area contributed by atoms with E-state index in [-0.39, 0.29) is 47.5 Å². The summed E-state index contributed by atoms with van der Waals surface area (Å²) in [5.74, 6) is 0.408. The fraction of sp³-hybridized carbons (Fsp3) is 0.765. The minimum absolute atomic E-state index is 0.0397. The van der Waals surface area contributed by atoms with Crippen LogP contribution < -0.4 is 9.47 Å². The zero-order valence-electron chi connectivity index (χ0n) is 25.8. The van der Waals surface area contributed by atoms with Crippen molar-refractivity contribution in [3.05, 3.63) is 23.3 Å². The molecule has 2 spiro atoms. The molecule has 1 aromatic rings. The molecule has 4 bridgehead atoms. The Morgan fingerprint density at radius 3 is 2.55 bits per heavy atom. The predicted octanol–water partition coefficient (Wildman–Crippen LogP) is 4.87. The molecule has 2 aliphatic heterocycles. The van der Waals surface area contributed by atoms with E-state index >= 15 is 0 Å². The van der Waals surface area contributed by atoms with Crippen LogP contribution in [-0.4, -0.2) is 70.6 Å². The van der Waals surface area contributed by atoms with Crippen LogP contribution in [0.15, 0.2) is 12.1 Å². The van der Waals surface area contributed by atoms with Gasteiger partial charge in [0.15, 0.2) is 11.5 Å². The number of likely N-dealkylation sites (tertiary alicyclic amines) is 1. The number of hydrogen-bond acceptors (Lipinski definition) is 7. The van der Waals surface area contributed by atoms with E-state index in [2.05, 4.69) is 31.7 Å². The first-order chi connectivity index (χ1) is 19.8. The van der Waals surface area contributed by atoms with Crippen molar-refractivity contribution in [3.8, 4) is 11.5 Å². The summed E-state index contributed by atoms with van der Waals surface area (Å²) in [7, 11) is 1.79. The van der Waals surface area contributed by atoms with Gasteiger partial charge in [-0.1, -0.05) is 26.8 Å². The van der Waals surface area contributed by atoms with Crippen molar-refractivity contribution in [2.24, 2.45) is 22.7 Å². The summed E-state index contributed by atoms with van der Waals surface area (Å²) >= 11 is 0. The summed E-state index contributed by atoms with van der Waals surface area (Å²) in [6.07, 6.45) is 7.20. The average Bonchev–Trinajstić information content (AvgIpc) is 3.67. The Bertz CT molecular complexity index is 1310. The van der Waals surface area contributed by atoms with Crippen molar-refractivity contribution < 1.29 is 34.0 Å². The Morgan fingerprint density at radius 2 is 1.88 bits per heavy atom. The van der Waals surface area contributed by atoms with Gasteiger partial charge in [0.2, 0.25) is 0 Å². The standard InChI is InChI=1S/C34H47NO7/c1-30(2,3)31(4,39)23-18-32-13-14-34(23,40-5)29-33(32)15-16-35(19-20-9-10-20)24(32)17-21-11-12-22(28(42-29)27(21)33)41-26(38)8-6-7-25(36)37/h11-12,20,23-24,29,39H,6-10,13-19H2,1-5H3,(H,36,37)/t23-,24-,29-,31+,32-,33+,34-/m1/s1. The van der Waals surface area contributed by atoms with Gasteiger partial charge in [-0.25, -0.2) is 0 Å². The van der Waals surface area contributed by atoms with Crippen LogP contribution in [0.4, 0.5) is 0 Å². The van der Waals surface area contributed by atoms with Crippen LogP contribution in [0.2, 0.25) is 0 Å². The van der Waals surface area contributed by atoms with E-state index in [4.69, 9.17) is 19.3 Å². The third kappa shape index (κ3) is 3.64. The Hall–Kier alpha value is -2.16. The molecule has 4 saturated carbocycles. The van der Waals surface area contributed by atoms with Gasteiger partial charge in [0.25, 0.3) is 0 Å². The topological polar surface area (TPSA) is 106 Å². The van der Waals surface area contributed by atoms with Crippen molar-refractivity contribution in [1.82, 2.24) is 4.90 Å². The van der Waals surface area contributed by atoms with Crippen molar-refractivity contribution >= 4 is 11.9 Å². The number of piperidine rings is 1. The van der Waals surface area contributed by atoms with Crippen LogP contribution in [-0.2, 0) is 26.2 Å². The Balaban J connectivity index is 1.36. The maximum Gasteiger partial charge on any atom is 0.311 e. The molecule has 0 radical (unpaired) electrons. The number of carbonyl (C=O) groups is 2. The highest BCUT2D eigenvalue weighted by Gasteiger charge is 2.82. The van der Waals surface area contributed by atoms with Crippen molar-refractivity contribution in [1.29, 1.82) is 0 Å². The van der Waals surface area contributed by atoms with E-state index in [1.807, 2.05) is 13.0 Å². The molecular formula is C34H47NO7. The number of esters is 1. The quantitative estimate of drug-likeness (QED) is 0.315.